The minimum Gasteiger partial charge on any atom is -0.396 e. The lowest BCUT2D eigenvalue weighted by atomic mass is 9.70. The zero-order valence-electron chi connectivity index (χ0n) is 23.2. The quantitative estimate of drug-likeness (QED) is 0.188. The molecule has 7 nitrogen and oxygen atoms in total. The highest BCUT2D eigenvalue weighted by atomic mass is 79.9. The predicted octanol–water partition coefficient (Wildman–Crippen LogP) is 4.83. The van der Waals surface area contributed by atoms with E-state index in [-0.39, 0.29) is 41.0 Å². The van der Waals surface area contributed by atoms with Crippen molar-refractivity contribution in [2.75, 3.05) is 37.7 Å². The number of aliphatic hydroxyl groups is 1. The normalized spacial score (nSPS) is 28.5. The van der Waals surface area contributed by atoms with Gasteiger partial charge < -0.3 is 19.8 Å². The molecule has 2 bridgehead atoms. The summed E-state index contributed by atoms with van der Waals surface area (Å²) in [6, 6.07) is 4.74. The Morgan fingerprint density at radius 3 is 2.60 bits per heavy atom. The summed E-state index contributed by atoms with van der Waals surface area (Å²) in [5.41, 5.74) is 1.46. The third kappa shape index (κ3) is 5.27. The first-order valence-electron chi connectivity index (χ1n) is 14.0. The molecule has 3 aliphatic heterocycles. The highest BCUT2D eigenvalue weighted by Crippen LogP contribution is 2.68. The number of nitrogens with zero attached hydrogens (tertiary/aromatic N) is 3. The maximum atomic E-state index is 14.7. The number of rotatable bonds is 13. The fraction of sp³-hybridized carbons (Fsp3) is 0.567. The Balaban J connectivity index is 1.81. The number of carbonyl (C=O) groups is 3. The molecule has 3 saturated heterocycles. The monoisotopic (exact) mass is 651 g/mol. The van der Waals surface area contributed by atoms with Crippen molar-refractivity contribution in [1.82, 2.24) is 9.80 Å². The molecule has 3 amide bonds. The highest BCUT2D eigenvalue weighted by Gasteiger charge is 2.76. The molecular weight excluding hydrogens is 614 g/mol. The van der Waals surface area contributed by atoms with E-state index < -0.39 is 22.6 Å². The first kappa shape index (κ1) is 31.1. The highest BCUT2D eigenvalue weighted by molar-refractivity contribution is 9.09. The van der Waals surface area contributed by atoms with E-state index >= 15 is 0 Å². The van der Waals surface area contributed by atoms with Crippen LogP contribution in [-0.2, 0) is 14.4 Å². The van der Waals surface area contributed by atoms with Gasteiger partial charge in [-0.15, -0.1) is 24.9 Å². The van der Waals surface area contributed by atoms with E-state index in [0.29, 0.717) is 49.6 Å². The van der Waals surface area contributed by atoms with Crippen molar-refractivity contribution < 1.29 is 19.5 Å². The van der Waals surface area contributed by atoms with Crippen molar-refractivity contribution in [1.29, 1.82) is 0 Å². The van der Waals surface area contributed by atoms with Crippen molar-refractivity contribution in [2.45, 2.75) is 60.4 Å². The number of hydrogen-bond donors (Lipinski definition) is 1. The minimum absolute atomic E-state index is 0.00552. The number of anilines is 1. The number of para-hydroxylation sites is 1. The number of aliphatic hydroxyl groups excluding tert-OH is 1. The Kier molecular flexibility index (Phi) is 10.1. The number of thioether (sulfide) groups is 1. The summed E-state index contributed by atoms with van der Waals surface area (Å²) in [5.74, 6) is -1.54. The Labute approximate surface area is 255 Å². The van der Waals surface area contributed by atoms with Gasteiger partial charge in [0.25, 0.3) is 5.91 Å². The second-order valence-corrected chi connectivity index (χ2v) is 14.0. The molecule has 6 atom stereocenters. The second-order valence-electron chi connectivity index (χ2n) is 10.8. The van der Waals surface area contributed by atoms with Crippen LogP contribution in [0.2, 0.25) is 5.02 Å². The third-order valence-electron chi connectivity index (χ3n) is 8.31. The van der Waals surface area contributed by atoms with Crippen LogP contribution < -0.4 is 4.90 Å². The lowest BCUT2D eigenvalue weighted by molar-refractivity contribution is -0.143. The standard InChI is InChI=1S/C30H39BrClN3O4S/c1-5-13-33(14-6-2)27(37)22-23-28(38)35(16-8-9-17-36)26(30(23)18-20(31)25(22)40-30)29(39)34(15-7-3)24-19(4)11-10-12-21(24)32/h5,7,10-12,20,22-23,25-26,36H,1,3,6,8-9,13-18H2,2,4H3/t20?,22-,23-,25-,26?,30?/m0/s1. The Bertz CT molecular complexity index is 1150. The predicted molar refractivity (Wildman–Crippen MR) is 166 cm³/mol. The van der Waals surface area contributed by atoms with Crippen molar-refractivity contribution in [3.8, 4) is 0 Å². The van der Waals surface area contributed by atoms with Gasteiger partial charge in [0.05, 0.1) is 27.3 Å². The molecule has 1 spiro atoms. The summed E-state index contributed by atoms with van der Waals surface area (Å²) < 4.78 is -0.757. The van der Waals surface area contributed by atoms with E-state index in [2.05, 4.69) is 29.1 Å². The van der Waals surface area contributed by atoms with Gasteiger partial charge in [0.15, 0.2) is 0 Å². The molecule has 1 aromatic carbocycles. The van der Waals surface area contributed by atoms with Crippen LogP contribution in [0.25, 0.3) is 0 Å². The molecule has 10 heteroatoms. The summed E-state index contributed by atoms with van der Waals surface area (Å²) in [6.45, 7) is 13.2. The van der Waals surface area contributed by atoms with E-state index in [1.807, 2.05) is 26.0 Å². The number of fused-ring (bicyclic) bond motifs is 1. The molecule has 1 N–H and O–H groups in total. The van der Waals surface area contributed by atoms with Crippen molar-refractivity contribution in [3.63, 3.8) is 0 Å². The van der Waals surface area contributed by atoms with E-state index in [0.717, 1.165) is 12.0 Å². The van der Waals surface area contributed by atoms with Gasteiger partial charge in [-0.3, -0.25) is 14.4 Å². The first-order chi connectivity index (χ1) is 19.2. The first-order valence-corrected chi connectivity index (χ1v) is 16.2. The Morgan fingerprint density at radius 2 is 1.98 bits per heavy atom. The molecular formula is C30H39BrClN3O4S. The summed E-state index contributed by atoms with van der Waals surface area (Å²) >= 11 is 12.1. The summed E-state index contributed by atoms with van der Waals surface area (Å²) in [6.07, 6.45) is 5.87. The van der Waals surface area contributed by atoms with Crippen molar-refractivity contribution in [3.05, 3.63) is 54.1 Å². The van der Waals surface area contributed by atoms with Gasteiger partial charge in [-0.1, -0.05) is 58.7 Å². The van der Waals surface area contributed by atoms with E-state index in [9.17, 15) is 19.5 Å². The number of aryl methyl sites for hydroxylation is 1. The average Bonchev–Trinajstić information content (AvgIpc) is 3.51. The van der Waals surface area contributed by atoms with Gasteiger partial charge in [-0.05, 0) is 44.2 Å². The molecule has 3 fully saturated rings. The third-order valence-corrected chi connectivity index (χ3v) is 11.8. The smallest absolute Gasteiger partial charge is 0.251 e. The number of unbranched alkanes of at least 4 members (excludes halogenated alkanes) is 1. The number of likely N-dealkylation sites (tertiary alicyclic amines) is 1. The minimum atomic E-state index is -0.772. The second kappa shape index (κ2) is 13.0. The number of alkyl halides is 1. The largest absolute Gasteiger partial charge is 0.396 e. The molecule has 0 radical (unpaired) electrons. The van der Waals surface area contributed by atoms with E-state index in [1.165, 1.54) is 0 Å². The van der Waals surface area contributed by atoms with Gasteiger partial charge in [-0.2, -0.15) is 0 Å². The average molecular weight is 653 g/mol. The van der Waals surface area contributed by atoms with Crippen molar-refractivity contribution in [2.24, 2.45) is 11.8 Å². The fourth-order valence-corrected chi connectivity index (χ4v) is 10.7. The molecule has 1 aromatic rings. The van der Waals surface area contributed by atoms with Crippen LogP contribution >= 0.6 is 39.3 Å². The van der Waals surface area contributed by atoms with Gasteiger partial charge >= 0.3 is 0 Å². The van der Waals surface area contributed by atoms with Crippen LogP contribution in [0.1, 0.15) is 38.2 Å². The zero-order valence-corrected chi connectivity index (χ0v) is 26.4. The number of amides is 3. The molecule has 40 heavy (non-hydrogen) atoms. The maximum Gasteiger partial charge on any atom is 0.251 e. The van der Waals surface area contributed by atoms with E-state index in [1.54, 1.807) is 44.7 Å². The summed E-state index contributed by atoms with van der Waals surface area (Å²) in [5, 5.41) is 9.79. The molecule has 218 valence electrons. The summed E-state index contributed by atoms with van der Waals surface area (Å²) in [4.78, 5) is 48.2. The lowest BCUT2D eigenvalue weighted by Gasteiger charge is -2.39. The van der Waals surface area contributed by atoms with Crippen LogP contribution in [0.5, 0.6) is 0 Å². The van der Waals surface area contributed by atoms with Gasteiger partial charge in [0.2, 0.25) is 11.8 Å². The number of benzene rings is 1. The molecule has 3 aliphatic rings. The van der Waals surface area contributed by atoms with Gasteiger partial charge in [0, 0.05) is 42.9 Å². The Hall–Kier alpha value is -1.81. The Morgan fingerprint density at radius 1 is 1.25 bits per heavy atom. The van der Waals surface area contributed by atoms with Crippen molar-refractivity contribution >= 4 is 62.7 Å². The number of carbonyl (C=O) groups excluding carboxylic acids is 3. The number of halogens is 2. The summed E-state index contributed by atoms with van der Waals surface area (Å²) in [7, 11) is 0. The molecule has 0 saturated carbocycles. The lowest BCUT2D eigenvalue weighted by Crippen LogP contribution is -2.56. The van der Waals surface area contributed by atoms with E-state index in [4.69, 9.17) is 11.6 Å². The zero-order chi connectivity index (χ0) is 29.2. The van der Waals surface area contributed by atoms with Crippen LogP contribution in [0.4, 0.5) is 5.69 Å². The molecule has 4 rings (SSSR count). The molecule has 0 aromatic heterocycles. The SMILES string of the molecule is C=CCN(CCC)C(=O)[C@H]1[C@H]2C(=O)N(CCCCO)C(C(=O)N(CC=C)c3c(C)cccc3Cl)C23CC(Br)[C@@H]1S3. The van der Waals surface area contributed by atoms with Gasteiger partial charge in [0.1, 0.15) is 6.04 Å². The van der Waals surface area contributed by atoms with Gasteiger partial charge in [-0.25, -0.2) is 0 Å². The topological polar surface area (TPSA) is 81.2 Å². The fourth-order valence-electron chi connectivity index (χ4n) is 6.79. The molecule has 3 unspecified atom stereocenters. The van der Waals surface area contributed by atoms with Crippen LogP contribution in [0.3, 0.4) is 0 Å². The van der Waals surface area contributed by atoms with Crippen LogP contribution in [0.15, 0.2) is 43.5 Å². The maximum absolute atomic E-state index is 14.7. The molecule has 0 aliphatic carbocycles. The van der Waals surface area contributed by atoms with Crippen LogP contribution in [-0.4, -0.2) is 86.3 Å². The number of hydrogen-bond acceptors (Lipinski definition) is 5. The molecule has 3 heterocycles. The van der Waals surface area contributed by atoms with Crippen LogP contribution in [0, 0.1) is 18.8 Å².